The van der Waals surface area contributed by atoms with Gasteiger partial charge in [0.25, 0.3) is 0 Å². The van der Waals surface area contributed by atoms with Crippen molar-refractivity contribution < 1.29 is 9.59 Å². The molecule has 0 bridgehead atoms. The van der Waals surface area contributed by atoms with Crippen molar-refractivity contribution in [1.82, 2.24) is 10.2 Å². The van der Waals surface area contributed by atoms with E-state index in [2.05, 4.69) is 11.4 Å². The maximum atomic E-state index is 13.2. The number of rotatable bonds is 8. The second-order valence-corrected chi connectivity index (χ2v) is 7.66. The minimum absolute atomic E-state index is 0.0935. The second-order valence-electron chi connectivity index (χ2n) is 7.25. The Morgan fingerprint density at radius 1 is 1.11 bits per heavy atom. The van der Waals surface area contributed by atoms with Crippen LogP contribution in [0.3, 0.4) is 0 Å². The first-order valence-corrected chi connectivity index (χ1v) is 10.1. The lowest BCUT2D eigenvalue weighted by molar-refractivity contribution is -0.140. The SMILES string of the molecule is CCCNC(=O)[C@H](C)N(Cc1ccccc1Cl)C(=O)Cc1cc(C)cc(C)c1. The number of carbonyl (C=O) groups excluding carboxylic acids is 2. The summed E-state index contributed by atoms with van der Waals surface area (Å²) in [4.78, 5) is 27.3. The molecule has 0 aliphatic carbocycles. The van der Waals surface area contributed by atoms with E-state index < -0.39 is 6.04 Å². The van der Waals surface area contributed by atoms with Crippen LogP contribution in [0.25, 0.3) is 0 Å². The Morgan fingerprint density at radius 3 is 2.36 bits per heavy atom. The predicted molar refractivity (Wildman–Crippen MR) is 114 cm³/mol. The van der Waals surface area contributed by atoms with E-state index in [1.807, 2.05) is 51.1 Å². The van der Waals surface area contributed by atoms with Crippen LogP contribution in [-0.4, -0.2) is 29.3 Å². The van der Waals surface area contributed by atoms with Crippen molar-refractivity contribution in [3.8, 4) is 0 Å². The molecule has 0 radical (unpaired) electrons. The summed E-state index contributed by atoms with van der Waals surface area (Å²) in [5, 5.41) is 3.47. The number of benzene rings is 2. The van der Waals surface area contributed by atoms with Gasteiger partial charge in [0, 0.05) is 18.1 Å². The quantitative estimate of drug-likeness (QED) is 0.711. The van der Waals surface area contributed by atoms with Gasteiger partial charge in [-0.25, -0.2) is 0 Å². The van der Waals surface area contributed by atoms with Gasteiger partial charge in [-0.15, -0.1) is 0 Å². The predicted octanol–water partition coefficient (Wildman–Crippen LogP) is 4.44. The van der Waals surface area contributed by atoms with E-state index in [1.165, 1.54) is 0 Å². The Morgan fingerprint density at radius 2 is 1.75 bits per heavy atom. The number of carbonyl (C=O) groups is 2. The molecular weight excluding hydrogens is 372 g/mol. The molecule has 5 heteroatoms. The summed E-state index contributed by atoms with van der Waals surface area (Å²) in [5.41, 5.74) is 4.02. The third-order valence-electron chi connectivity index (χ3n) is 4.65. The van der Waals surface area contributed by atoms with Crippen molar-refractivity contribution in [2.45, 2.75) is 53.1 Å². The fraction of sp³-hybridized carbons (Fsp3) is 0.391. The van der Waals surface area contributed by atoms with E-state index in [1.54, 1.807) is 17.9 Å². The van der Waals surface area contributed by atoms with Gasteiger partial charge in [0.05, 0.1) is 6.42 Å². The molecule has 2 aromatic carbocycles. The van der Waals surface area contributed by atoms with E-state index in [4.69, 9.17) is 11.6 Å². The average molecular weight is 401 g/mol. The molecule has 0 aliphatic rings. The van der Waals surface area contributed by atoms with Gasteiger partial charge in [0.1, 0.15) is 6.04 Å². The molecule has 0 saturated carbocycles. The molecule has 0 saturated heterocycles. The van der Waals surface area contributed by atoms with Crippen molar-refractivity contribution in [3.05, 3.63) is 69.7 Å². The summed E-state index contributed by atoms with van der Waals surface area (Å²) in [5.74, 6) is -0.244. The zero-order valence-corrected chi connectivity index (χ0v) is 17.8. The van der Waals surface area contributed by atoms with Crippen LogP contribution in [0.4, 0.5) is 0 Å². The smallest absolute Gasteiger partial charge is 0.242 e. The number of hydrogen-bond donors (Lipinski definition) is 1. The third kappa shape index (κ3) is 6.10. The number of hydrogen-bond acceptors (Lipinski definition) is 2. The lowest BCUT2D eigenvalue weighted by Crippen LogP contribution is -2.48. The van der Waals surface area contributed by atoms with Crippen LogP contribution in [-0.2, 0) is 22.6 Å². The Hall–Kier alpha value is -2.33. The van der Waals surface area contributed by atoms with Gasteiger partial charge in [0.2, 0.25) is 11.8 Å². The Kier molecular flexibility index (Phi) is 8.06. The highest BCUT2D eigenvalue weighted by Crippen LogP contribution is 2.20. The highest BCUT2D eigenvalue weighted by molar-refractivity contribution is 6.31. The fourth-order valence-electron chi connectivity index (χ4n) is 3.24. The Balaban J connectivity index is 2.26. The summed E-state index contributed by atoms with van der Waals surface area (Å²) >= 11 is 6.30. The minimum atomic E-state index is -0.582. The van der Waals surface area contributed by atoms with Crippen LogP contribution in [0, 0.1) is 13.8 Å². The van der Waals surface area contributed by atoms with Crippen molar-refractivity contribution in [3.63, 3.8) is 0 Å². The highest BCUT2D eigenvalue weighted by Gasteiger charge is 2.26. The molecule has 0 aliphatic heterocycles. The van der Waals surface area contributed by atoms with Crippen molar-refractivity contribution in [2.75, 3.05) is 6.54 Å². The molecule has 28 heavy (non-hydrogen) atoms. The average Bonchev–Trinajstić information content (AvgIpc) is 2.64. The highest BCUT2D eigenvalue weighted by atomic mass is 35.5. The van der Waals surface area contributed by atoms with E-state index in [9.17, 15) is 9.59 Å². The molecule has 0 unspecified atom stereocenters. The van der Waals surface area contributed by atoms with Gasteiger partial charge < -0.3 is 10.2 Å². The molecule has 1 atom stereocenters. The summed E-state index contributed by atoms with van der Waals surface area (Å²) < 4.78 is 0. The molecule has 0 aromatic heterocycles. The topological polar surface area (TPSA) is 49.4 Å². The minimum Gasteiger partial charge on any atom is -0.354 e. The molecule has 0 heterocycles. The van der Waals surface area contributed by atoms with Crippen molar-refractivity contribution in [2.24, 2.45) is 0 Å². The largest absolute Gasteiger partial charge is 0.354 e. The van der Waals surface area contributed by atoms with Crippen LogP contribution < -0.4 is 5.32 Å². The maximum absolute atomic E-state index is 13.2. The monoisotopic (exact) mass is 400 g/mol. The van der Waals surface area contributed by atoms with E-state index in [0.29, 0.717) is 18.1 Å². The molecule has 2 amide bonds. The van der Waals surface area contributed by atoms with Gasteiger partial charge in [-0.3, -0.25) is 9.59 Å². The Bertz CT molecular complexity index is 815. The van der Waals surface area contributed by atoms with Gasteiger partial charge in [-0.2, -0.15) is 0 Å². The molecule has 0 fully saturated rings. The van der Waals surface area contributed by atoms with Crippen LogP contribution in [0.5, 0.6) is 0 Å². The number of aryl methyl sites for hydroxylation is 2. The second kappa shape index (κ2) is 10.3. The van der Waals surface area contributed by atoms with Gasteiger partial charge in [0.15, 0.2) is 0 Å². The first-order valence-electron chi connectivity index (χ1n) is 9.69. The van der Waals surface area contributed by atoms with Crippen LogP contribution in [0.15, 0.2) is 42.5 Å². The molecule has 2 aromatic rings. The molecule has 0 spiro atoms. The lowest BCUT2D eigenvalue weighted by atomic mass is 10.0. The molecule has 150 valence electrons. The molecule has 2 rings (SSSR count). The van der Waals surface area contributed by atoms with Gasteiger partial charge >= 0.3 is 0 Å². The standard InChI is InChI=1S/C23H29ClN2O2/c1-5-10-25-23(28)18(4)26(15-20-8-6-7-9-21(20)24)22(27)14-19-12-16(2)11-17(3)13-19/h6-9,11-13,18H,5,10,14-15H2,1-4H3,(H,25,28)/t18-/m0/s1. The van der Waals surface area contributed by atoms with Crippen molar-refractivity contribution >= 4 is 23.4 Å². The number of amides is 2. The molecular formula is C23H29ClN2O2. The van der Waals surface area contributed by atoms with E-state index >= 15 is 0 Å². The van der Waals surface area contributed by atoms with Gasteiger partial charge in [-0.1, -0.05) is 66.0 Å². The molecule has 1 N–H and O–H groups in total. The lowest BCUT2D eigenvalue weighted by Gasteiger charge is -2.29. The normalized spacial score (nSPS) is 11.8. The van der Waals surface area contributed by atoms with Crippen LogP contribution in [0.2, 0.25) is 5.02 Å². The fourth-order valence-corrected chi connectivity index (χ4v) is 3.43. The zero-order valence-electron chi connectivity index (χ0n) is 17.1. The third-order valence-corrected chi connectivity index (χ3v) is 5.02. The first-order chi connectivity index (χ1) is 13.3. The van der Waals surface area contributed by atoms with E-state index in [0.717, 1.165) is 28.7 Å². The van der Waals surface area contributed by atoms with Crippen LogP contribution in [0.1, 0.15) is 42.5 Å². The van der Waals surface area contributed by atoms with Gasteiger partial charge in [-0.05, 0) is 44.4 Å². The Labute approximate surface area is 172 Å². The number of halogens is 1. The first kappa shape index (κ1) is 22.0. The summed E-state index contributed by atoms with van der Waals surface area (Å²) in [7, 11) is 0. The molecule has 4 nitrogen and oxygen atoms in total. The van der Waals surface area contributed by atoms with Crippen molar-refractivity contribution in [1.29, 1.82) is 0 Å². The summed E-state index contributed by atoms with van der Waals surface area (Å²) in [6.07, 6.45) is 1.10. The zero-order chi connectivity index (χ0) is 20.7. The summed E-state index contributed by atoms with van der Waals surface area (Å²) in [6, 6.07) is 12.9. The maximum Gasteiger partial charge on any atom is 0.242 e. The van der Waals surface area contributed by atoms with E-state index in [-0.39, 0.29) is 18.2 Å². The number of nitrogens with zero attached hydrogens (tertiary/aromatic N) is 1. The summed E-state index contributed by atoms with van der Waals surface area (Å²) in [6.45, 7) is 8.68. The van der Waals surface area contributed by atoms with Crippen LogP contribution >= 0.6 is 11.6 Å². The number of nitrogens with one attached hydrogen (secondary N) is 1.